The molecule has 33 heavy (non-hydrogen) atoms. The monoisotopic (exact) mass is 506 g/mol. The van der Waals surface area contributed by atoms with Gasteiger partial charge < -0.3 is 26.6 Å². The molecule has 2 fully saturated rings. The topological polar surface area (TPSA) is 137 Å². The van der Waals surface area contributed by atoms with Crippen molar-refractivity contribution in [1.82, 2.24) is 10.6 Å². The number of carbonyl (C=O) groups is 2. The number of nitrogens with zero attached hydrogens (tertiary/aromatic N) is 1. The van der Waals surface area contributed by atoms with Crippen molar-refractivity contribution in [2.24, 2.45) is 10.7 Å². The first-order chi connectivity index (χ1) is 15.9. The Morgan fingerprint density at radius 1 is 0.848 bits per heavy atom. The van der Waals surface area contributed by atoms with Crippen molar-refractivity contribution in [3.8, 4) is 11.5 Å². The summed E-state index contributed by atoms with van der Waals surface area (Å²) in [6.07, 6.45) is 1.68. The second-order valence-electron chi connectivity index (χ2n) is 6.77. The third-order valence-electron chi connectivity index (χ3n) is 4.12. The van der Waals surface area contributed by atoms with Crippen LogP contribution in [0.3, 0.4) is 0 Å². The molecule has 0 aromatic heterocycles. The average Bonchev–Trinajstić information content (AvgIpc) is 3.39. The van der Waals surface area contributed by atoms with E-state index in [1.54, 1.807) is 24.3 Å². The minimum atomic E-state index is 0.0217. The molecule has 4 rings (SSSR count). The number of hydrogen-bond acceptors (Lipinski definition) is 9. The smallest absolute Gasteiger partial charge is 0.236 e. The van der Waals surface area contributed by atoms with Gasteiger partial charge in [0.05, 0.1) is 11.5 Å². The van der Waals surface area contributed by atoms with Crippen LogP contribution in [0.2, 0.25) is 0 Å². The first-order valence-electron chi connectivity index (χ1n) is 10.1. The van der Waals surface area contributed by atoms with Crippen molar-refractivity contribution in [2.75, 3.05) is 24.6 Å². The third kappa shape index (κ3) is 11.2. The number of thiocarbonyl (C=S) groups is 1. The molecule has 0 bridgehead atoms. The van der Waals surface area contributed by atoms with E-state index >= 15 is 0 Å². The molecule has 2 heterocycles. The van der Waals surface area contributed by atoms with Crippen LogP contribution in [0.5, 0.6) is 11.5 Å². The number of benzene rings is 2. The van der Waals surface area contributed by atoms with E-state index < -0.39 is 0 Å². The Kier molecular flexibility index (Phi) is 11.7. The van der Waals surface area contributed by atoms with Crippen molar-refractivity contribution < 1.29 is 19.8 Å². The highest BCUT2D eigenvalue weighted by atomic mass is 32.2. The quantitative estimate of drug-likeness (QED) is 0.389. The molecule has 11 heteroatoms. The fourth-order valence-corrected chi connectivity index (χ4v) is 4.03. The van der Waals surface area contributed by atoms with Gasteiger partial charge in [-0.3, -0.25) is 14.6 Å². The number of amides is 2. The fourth-order valence-electron chi connectivity index (χ4n) is 2.51. The molecule has 8 nitrogen and oxygen atoms in total. The highest BCUT2D eigenvalue weighted by Gasteiger charge is 2.15. The number of aromatic hydroxyl groups is 2. The second kappa shape index (κ2) is 14.5. The van der Waals surface area contributed by atoms with Gasteiger partial charge in [-0.25, -0.2) is 0 Å². The summed E-state index contributed by atoms with van der Waals surface area (Å²) in [5, 5.41) is 23.9. The maximum absolute atomic E-state index is 10.9. The molecule has 2 aromatic rings. The minimum absolute atomic E-state index is 0.0217. The third-order valence-corrected chi connectivity index (χ3v) is 6.26. The van der Waals surface area contributed by atoms with E-state index in [9.17, 15) is 9.59 Å². The van der Waals surface area contributed by atoms with E-state index in [1.165, 1.54) is 29.1 Å². The molecule has 6 N–H and O–H groups in total. The SMILES string of the molecule is NCCc1ccc(O)cc1.O=C1CSC(=NCCc2ccc(O)cc2)N1.O=C1CSC(=S)N1. The van der Waals surface area contributed by atoms with E-state index in [2.05, 4.69) is 27.8 Å². The minimum Gasteiger partial charge on any atom is -0.508 e. The molecule has 0 unspecified atom stereocenters. The van der Waals surface area contributed by atoms with Crippen molar-refractivity contribution in [3.05, 3.63) is 59.7 Å². The molecule has 2 saturated heterocycles. The van der Waals surface area contributed by atoms with Gasteiger partial charge in [-0.2, -0.15) is 0 Å². The number of carbonyl (C=O) groups excluding carboxylic acids is 2. The van der Waals surface area contributed by atoms with Gasteiger partial charge >= 0.3 is 0 Å². The molecule has 0 saturated carbocycles. The summed E-state index contributed by atoms with van der Waals surface area (Å²) in [5.74, 6) is 1.59. The van der Waals surface area contributed by atoms with Crippen LogP contribution < -0.4 is 16.4 Å². The van der Waals surface area contributed by atoms with Gasteiger partial charge in [0.25, 0.3) is 0 Å². The zero-order chi connectivity index (χ0) is 24.1. The van der Waals surface area contributed by atoms with Gasteiger partial charge in [-0.05, 0) is 54.8 Å². The van der Waals surface area contributed by atoms with Crippen LogP contribution in [0.4, 0.5) is 0 Å². The number of rotatable bonds is 5. The first-order valence-corrected chi connectivity index (χ1v) is 12.4. The summed E-state index contributed by atoms with van der Waals surface area (Å²) < 4.78 is 0.602. The summed E-state index contributed by atoms with van der Waals surface area (Å²) >= 11 is 7.44. The predicted octanol–water partition coefficient (Wildman–Crippen LogP) is 2.18. The molecule has 2 amide bonds. The van der Waals surface area contributed by atoms with Gasteiger partial charge in [0.15, 0.2) is 5.17 Å². The van der Waals surface area contributed by atoms with E-state index in [4.69, 9.17) is 15.9 Å². The maximum Gasteiger partial charge on any atom is 0.236 e. The van der Waals surface area contributed by atoms with Crippen molar-refractivity contribution >= 4 is 57.0 Å². The number of amidine groups is 1. The Labute approximate surface area is 206 Å². The van der Waals surface area contributed by atoms with Gasteiger partial charge in [-0.1, -0.05) is 60.0 Å². The lowest BCUT2D eigenvalue weighted by atomic mass is 10.1. The van der Waals surface area contributed by atoms with E-state index in [1.807, 2.05) is 24.3 Å². The summed E-state index contributed by atoms with van der Waals surface area (Å²) in [7, 11) is 0. The molecular formula is C22H26N4O4S3. The standard InChI is InChI=1S/C11H12N2O2S.C8H11NO.C3H3NOS2/c14-9-3-1-8(2-4-9)5-6-12-11-13-10(15)7-16-11;9-6-5-7-1-3-8(10)4-2-7;5-2-1-7-3(6)4-2/h1-4,14H,5-7H2,(H,12,13,15);1-4,10H,5-6,9H2;1H2,(H,4,5,6). The molecule has 176 valence electrons. The summed E-state index contributed by atoms with van der Waals surface area (Å²) in [6.45, 7) is 1.30. The predicted molar refractivity (Wildman–Crippen MR) is 139 cm³/mol. The van der Waals surface area contributed by atoms with Gasteiger partial charge in [0, 0.05) is 6.54 Å². The molecular weight excluding hydrogens is 480 g/mol. The fraction of sp³-hybridized carbons (Fsp3) is 0.273. The summed E-state index contributed by atoms with van der Waals surface area (Å²) in [4.78, 5) is 25.4. The van der Waals surface area contributed by atoms with Crippen LogP contribution in [-0.2, 0) is 22.4 Å². The number of nitrogens with one attached hydrogen (secondary N) is 2. The molecule has 2 aliphatic rings. The van der Waals surface area contributed by atoms with Crippen molar-refractivity contribution in [2.45, 2.75) is 12.8 Å². The highest BCUT2D eigenvalue weighted by molar-refractivity contribution is 8.24. The molecule has 2 aromatic carbocycles. The Morgan fingerprint density at radius 3 is 1.76 bits per heavy atom. The van der Waals surface area contributed by atoms with E-state index in [0.29, 0.717) is 39.8 Å². The van der Waals surface area contributed by atoms with Crippen LogP contribution in [0.1, 0.15) is 11.1 Å². The van der Waals surface area contributed by atoms with E-state index in [-0.39, 0.29) is 17.6 Å². The van der Waals surface area contributed by atoms with Crippen LogP contribution in [-0.4, -0.2) is 56.1 Å². The normalized spacial score (nSPS) is 15.8. The maximum atomic E-state index is 10.9. The second-order valence-corrected chi connectivity index (χ2v) is 9.39. The Bertz CT molecular complexity index is 953. The summed E-state index contributed by atoms with van der Waals surface area (Å²) in [6, 6.07) is 14.2. The number of phenols is 2. The van der Waals surface area contributed by atoms with E-state index in [0.717, 1.165) is 18.4 Å². The zero-order valence-electron chi connectivity index (χ0n) is 17.8. The highest BCUT2D eigenvalue weighted by Crippen LogP contribution is 2.12. The van der Waals surface area contributed by atoms with Crippen molar-refractivity contribution in [1.29, 1.82) is 0 Å². The molecule has 0 aliphatic carbocycles. The lowest BCUT2D eigenvalue weighted by Crippen LogP contribution is -2.20. The molecule has 0 atom stereocenters. The molecule has 2 aliphatic heterocycles. The van der Waals surface area contributed by atoms with Gasteiger partial charge in [0.1, 0.15) is 15.8 Å². The number of nitrogens with two attached hydrogens (primary N) is 1. The van der Waals surface area contributed by atoms with Crippen LogP contribution in [0.15, 0.2) is 53.5 Å². The number of phenolic OH excluding ortho intramolecular Hbond substituents is 2. The van der Waals surface area contributed by atoms with Gasteiger partial charge in [0.2, 0.25) is 11.8 Å². The van der Waals surface area contributed by atoms with Crippen LogP contribution in [0.25, 0.3) is 0 Å². The number of thioether (sulfide) groups is 2. The molecule has 0 radical (unpaired) electrons. The first kappa shape index (κ1) is 26.7. The lowest BCUT2D eigenvalue weighted by molar-refractivity contribution is -0.117. The van der Waals surface area contributed by atoms with Crippen LogP contribution >= 0.6 is 35.7 Å². The Morgan fingerprint density at radius 2 is 1.36 bits per heavy atom. The Balaban J connectivity index is 0.000000193. The molecule has 0 spiro atoms. The number of aliphatic imine (C=N–C) groups is 1. The summed E-state index contributed by atoms with van der Waals surface area (Å²) in [5.41, 5.74) is 7.62. The largest absolute Gasteiger partial charge is 0.508 e. The van der Waals surface area contributed by atoms with Gasteiger partial charge in [-0.15, -0.1) is 0 Å². The average molecular weight is 507 g/mol. The van der Waals surface area contributed by atoms with Crippen LogP contribution in [0, 0.1) is 0 Å². The van der Waals surface area contributed by atoms with Crippen molar-refractivity contribution in [3.63, 3.8) is 0 Å². The Hall–Kier alpha value is -2.60. The zero-order valence-corrected chi connectivity index (χ0v) is 20.3. The lowest BCUT2D eigenvalue weighted by Gasteiger charge is -1.99. The number of hydrogen-bond donors (Lipinski definition) is 5.